The van der Waals surface area contributed by atoms with Gasteiger partial charge in [-0.1, -0.05) is 80.1 Å². The number of pyridine rings is 1. The summed E-state index contributed by atoms with van der Waals surface area (Å²) in [7, 11) is 0. The van der Waals surface area contributed by atoms with E-state index in [1.807, 2.05) is 67.1 Å². The van der Waals surface area contributed by atoms with Gasteiger partial charge in [0.2, 0.25) is 0 Å². The smallest absolute Gasteiger partial charge is 0.0748 e. The summed E-state index contributed by atoms with van der Waals surface area (Å²) < 4.78 is 0. The molecule has 0 bridgehead atoms. The quantitative estimate of drug-likeness (QED) is 0.160. The van der Waals surface area contributed by atoms with Crippen molar-refractivity contribution in [3.63, 3.8) is 0 Å². The summed E-state index contributed by atoms with van der Waals surface area (Å²) in [6.45, 7) is 8.62. The summed E-state index contributed by atoms with van der Waals surface area (Å²) in [5.74, 6) is 1.34. The Morgan fingerprint density at radius 2 is 1.35 bits per heavy atom. The van der Waals surface area contributed by atoms with Crippen LogP contribution in [-0.2, 0) is 26.5 Å². The van der Waals surface area contributed by atoms with Gasteiger partial charge in [-0.25, -0.2) is 0 Å². The van der Waals surface area contributed by atoms with Crippen molar-refractivity contribution in [3.05, 3.63) is 151 Å². The van der Waals surface area contributed by atoms with Crippen LogP contribution in [0.5, 0.6) is 0 Å². The summed E-state index contributed by atoms with van der Waals surface area (Å²) in [5, 5.41) is 0. The van der Waals surface area contributed by atoms with Crippen LogP contribution in [0.4, 0.5) is 0 Å². The van der Waals surface area contributed by atoms with Crippen LogP contribution in [0, 0.1) is 31.9 Å². The number of hydrogen-bond acceptors (Lipinski definition) is 3. The summed E-state index contributed by atoms with van der Waals surface area (Å²) in [6, 6.07) is 41.5. The molecular formula is C39H35IrN3-2. The number of aromatic nitrogens is 3. The molecule has 4 aromatic carbocycles. The van der Waals surface area contributed by atoms with E-state index in [1.165, 1.54) is 33.4 Å². The summed E-state index contributed by atoms with van der Waals surface area (Å²) in [6.07, 6.45) is 6.79. The first kappa shape index (κ1) is 31.7. The average molecular weight is 738 g/mol. The Labute approximate surface area is 269 Å². The summed E-state index contributed by atoms with van der Waals surface area (Å²) in [4.78, 5) is 13.5. The standard InChI is InChI=1S/C20H19N2.C19H16N.Ir/c1-15(2)11-16-13-21-20(22-14-16)19-10-6-9-18(12-19)17-7-4-3-5-8-17;1-14-7-6-10-17(11-14)18-12-19(20-13-15(18)2)16-8-4-3-5-9-16;/h3-9,12-15H,11H2,1-2H3;3-8,10-13H,1-2H3;/q2*-1;. The van der Waals surface area contributed by atoms with E-state index in [9.17, 15) is 0 Å². The molecule has 217 valence electrons. The van der Waals surface area contributed by atoms with E-state index in [4.69, 9.17) is 0 Å². The molecule has 3 nitrogen and oxygen atoms in total. The van der Waals surface area contributed by atoms with Crippen molar-refractivity contribution >= 4 is 0 Å². The largest absolute Gasteiger partial charge is 0.304 e. The molecule has 0 fully saturated rings. The predicted octanol–water partition coefficient (Wildman–Crippen LogP) is 9.64. The molecule has 0 amide bonds. The minimum atomic E-state index is 0. The van der Waals surface area contributed by atoms with Gasteiger partial charge in [0.1, 0.15) is 0 Å². The molecule has 0 saturated heterocycles. The fraction of sp³-hybridized carbons (Fsp3) is 0.154. The van der Waals surface area contributed by atoms with Crippen LogP contribution >= 0.6 is 0 Å². The van der Waals surface area contributed by atoms with Crippen LogP contribution in [0.3, 0.4) is 0 Å². The Kier molecular flexibility index (Phi) is 11.3. The molecular weight excluding hydrogens is 703 g/mol. The molecule has 0 aliphatic heterocycles. The van der Waals surface area contributed by atoms with E-state index < -0.39 is 0 Å². The van der Waals surface area contributed by atoms with Gasteiger partial charge >= 0.3 is 0 Å². The predicted molar refractivity (Wildman–Crippen MR) is 174 cm³/mol. The number of benzene rings is 4. The second kappa shape index (κ2) is 15.3. The number of hydrogen-bond donors (Lipinski definition) is 0. The van der Waals surface area contributed by atoms with Gasteiger partial charge in [0.05, 0.1) is 5.82 Å². The van der Waals surface area contributed by atoms with Crippen molar-refractivity contribution in [1.82, 2.24) is 15.0 Å². The van der Waals surface area contributed by atoms with E-state index >= 15 is 0 Å². The van der Waals surface area contributed by atoms with Gasteiger partial charge in [0, 0.05) is 38.7 Å². The molecule has 0 unspecified atom stereocenters. The fourth-order valence-corrected chi connectivity index (χ4v) is 4.82. The van der Waals surface area contributed by atoms with E-state index in [-0.39, 0.29) is 20.1 Å². The minimum absolute atomic E-state index is 0. The van der Waals surface area contributed by atoms with Crippen molar-refractivity contribution in [2.24, 2.45) is 5.92 Å². The zero-order valence-corrected chi connectivity index (χ0v) is 27.4. The van der Waals surface area contributed by atoms with Crippen LogP contribution in [0.25, 0.3) is 44.9 Å². The van der Waals surface area contributed by atoms with Gasteiger partial charge in [-0.2, -0.15) is 0 Å². The molecule has 2 aromatic heterocycles. The molecule has 0 spiro atoms. The van der Waals surface area contributed by atoms with Crippen molar-refractivity contribution in [1.29, 1.82) is 0 Å². The zero-order valence-electron chi connectivity index (χ0n) is 25.0. The average Bonchev–Trinajstić information content (AvgIpc) is 3.03. The van der Waals surface area contributed by atoms with E-state index in [0.29, 0.717) is 5.92 Å². The Balaban J connectivity index is 0.000000193. The van der Waals surface area contributed by atoms with Gasteiger partial charge in [-0.05, 0) is 59.7 Å². The third-order valence-corrected chi connectivity index (χ3v) is 6.92. The van der Waals surface area contributed by atoms with Crippen LogP contribution < -0.4 is 0 Å². The Morgan fingerprint density at radius 3 is 2.05 bits per heavy atom. The maximum Gasteiger partial charge on any atom is 0.0748 e. The van der Waals surface area contributed by atoms with Gasteiger partial charge < -0.3 is 4.98 Å². The van der Waals surface area contributed by atoms with Crippen LogP contribution in [-0.4, -0.2) is 15.0 Å². The molecule has 0 saturated carbocycles. The molecule has 0 aliphatic rings. The summed E-state index contributed by atoms with van der Waals surface area (Å²) in [5.41, 5.74) is 11.4. The Hall–Kier alpha value is -4.24. The minimum Gasteiger partial charge on any atom is -0.304 e. The SMILES string of the molecule is CC(C)Cc1cnc(-c2[c-]ccc(-c3ccccc3)c2)nc1.Cc1cccc(-c2cc(-c3[c-]cccc3)ncc2C)c1.[Ir]. The second-order valence-corrected chi connectivity index (χ2v) is 10.9. The molecule has 0 N–H and O–H groups in total. The first-order valence-electron chi connectivity index (χ1n) is 14.4. The monoisotopic (exact) mass is 738 g/mol. The Morgan fingerprint density at radius 1 is 0.628 bits per heavy atom. The first-order valence-corrected chi connectivity index (χ1v) is 14.4. The van der Waals surface area contributed by atoms with Gasteiger partial charge in [0.25, 0.3) is 0 Å². The van der Waals surface area contributed by atoms with E-state index in [1.54, 1.807) is 0 Å². The van der Waals surface area contributed by atoms with Crippen molar-refractivity contribution in [3.8, 4) is 44.9 Å². The topological polar surface area (TPSA) is 38.7 Å². The van der Waals surface area contributed by atoms with E-state index in [2.05, 4.69) is 109 Å². The maximum atomic E-state index is 4.53. The van der Waals surface area contributed by atoms with Crippen molar-refractivity contribution < 1.29 is 20.1 Å². The molecule has 6 aromatic rings. The van der Waals surface area contributed by atoms with Crippen molar-refractivity contribution in [2.75, 3.05) is 0 Å². The molecule has 0 aliphatic carbocycles. The van der Waals surface area contributed by atoms with Crippen LogP contribution in [0.2, 0.25) is 0 Å². The number of nitrogens with zero attached hydrogens (tertiary/aromatic N) is 3. The molecule has 2 heterocycles. The third-order valence-electron chi connectivity index (χ3n) is 6.92. The molecule has 43 heavy (non-hydrogen) atoms. The van der Waals surface area contributed by atoms with Crippen LogP contribution in [0.1, 0.15) is 30.5 Å². The molecule has 6 rings (SSSR count). The van der Waals surface area contributed by atoms with Gasteiger partial charge in [0.15, 0.2) is 0 Å². The number of rotatable bonds is 6. The summed E-state index contributed by atoms with van der Waals surface area (Å²) >= 11 is 0. The fourth-order valence-electron chi connectivity index (χ4n) is 4.82. The molecule has 0 atom stereocenters. The normalized spacial score (nSPS) is 10.4. The number of aryl methyl sites for hydroxylation is 2. The maximum absolute atomic E-state index is 4.53. The first-order chi connectivity index (χ1) is 20.5. The van der Waals surface area contributed by atoms with Gasteiger partial charge in [-0.15, -0.1) is 71.3 Å². The van der Waals surface area contributed by atoms with Crippen LogP contribution in [0.15, 0.2) is 122 Å². The zero-order chi connectivity index (χ0) is 29.3. The Bertz CT molecular complexity index is 1730. The second-order valence-electron chi connectivity index (χ2n) is 10.9. The third kappa shape index (κ3) is 8.64. The van der Waals surface area contributed by atoms with E-state index in [0.717, 1.165) is 34.6 Å². The van der Waals surface area contributed by atoms with Crippen molar-refractivity contribution in [2.45, 2.75) is 34.1 Å². The van der Waals surface area contributed by atoms with Gasteiger partial charge in [-0.3, -0.25) is 9.97 Å². The molecule has 1 radical (unpaired) electrons. The molecule has 4 heteroatoms.